The van der Waals surface area contributed by atoms with E-state index in [1.165, 1.54) is 25.4 Å². The number of Topliss-reactive ketones (excluding diaryl/α,β-unsaturated/α-hetero) is 1. The number of aromatic amines is 1. The van der Waals surface area contributed by atoms with Gasteiger partial charge in [0.05, 0.1) is 11.3 Å². The summed E-state index contributed by atoms with van der Waals surface area (Å²) in [7, 11) is -4.27. The van der Waals surface area contributed by atoms with Crippen molar-refractivity contribution in [2.75, 3.05) is 4.72 Å². The van der Waals surface area contributed by atoms with Gasteiger partial charge < -0.3 is 4.98 Å². The molecule has 0 bridgehead atoms. The van der Waals surface area contributed by atoms with Crippen LogP contribution in [-0.4, -0.2) is 24.2 Å². The molecule has 22 heavy (non-hydrogen) atoms. The summed E-state index contributed by atoms with van der Waals surface area (Å²) < 4.78 is 63.7. The fourth-order valence-corrected chi connectivity index (χ4v) is 2.73. The summed E-state index contributed by atoms with van der Waals surface area (Å²) in [6.45, 7) is 1.22. The predicted octanol–water partition coefficient (Wildman–Crippen LogP) is 2.43. The van der Waals surface area contributed by atoms with E-state index in [4.69, 9.17) is 0 Å². The van der Waals surface area contributed by atoms with Gasteiger partial charge in [-0.05, 0) is 19.1 Å². The molecule has 0 aromatic carbocycles. The average Bonchev–Trinajstić information content (AvgIpc) is 2.88. The molecule has 0 unspecified atom stereocenters. The average molecular weight is 333 g/mol. The molecule has 0 radical (unpaired) electrons. The number of H-pyrrole nitrogens is 1. The molecular formula is C12H10F3N3O3S. The Bertz CT molecular complexity index is 812. The molecule has 6 nitrogen and oxygen atoms in total. The third-order valence-corrected chi connectivity index (χ3v) is 4.06. The number of ketones is 1. The molecule has 10 heteroatoms. The van der Waals surface area contributed by atoms with E-state index in [9.17, 15) is 26.4 Å². The van der Waals surface area contributed by atoms with E-state index < -0.39 is 32.6 Å². The second-order valence-corrected chi connectivity index (χ2v) is 6.01. The Morgan fingerprint density at radius 2 is 2.05 bits per heavy atom. The Hall–Kier alpha value is -2.36. The number of pyridine rings is 1. The number of rotatable bonds is 4. The summed E-state index contributed by atoms with van der Waals surface area (Å²) in [6, 6.07) is 1.71. The van der Waals surface area contributed by atoms with Gasteiger partial charge in [0.2, 0.25) is 0 Å². The Kier molecular flexibility index (Phi) is 3.96. The third-order valence-electron chi connectivity index (χ3n) is 2.72. The fourth-order valence-electron chi connectivity index (χ4n) is 1.66. The molecule has 0 saturated heterocycles. The van der Waals surface area contributed by atoms with Crippen molar-refractivity contribution in [1.29, 1.82) is 0 Å². The smallest absolute Gasteiger partial charge is 0.356 e. The van der Waals surface area contributed by atoms with Crippen LogP contribution in [0.1, 0.15) is 23.0 Å². The number of hydrogen-bond donors (Lipinski definition) is 2. The number of hydrogen-bond acceptors (Lipinski definition) is 4. The Balaban J connectivity index is 2.37. The topological polar surface area (TPSA) is 91.9 Å². The molecule has 0 fully saturated rings. The number of carbonyl (C=O) groups excluding carboxylic acids is 1. The highest BCUT2D eigenvalue weighted by Gasteiger charge is 2.34. The number of aromatic nitrogens is 2. The predicted molar refractivity (Wildman–Crippen MR) is 70.8 cm³/mol. The molecule has 0 saturated carbocycles. The molecule has 0 aliphatic heterocycles. The van der Waals surface area contributed by atoms with Gasteiger partial charge in [0.25, 0.3) is 10.0 Å². The van der Waals surface area contributed by atoms with Crippen LogP contribution in [0.2, 0.25) is 0 Å². The van der Waals surface area contributed by atoms with Crippen molar-refractivity contribution in [2.24, 2.45) is 0 Å². The Morgan fingerprint density at radius 1 is 1.36 bits per heavy atom. The summed E-state index contributed by atoms with van der Waals surface area (Å²) >= 11 is 0. The van der Waals surface area contributed by atoms with Crippen molar-refractivity contribution in [3.8, 4) is 0 Å². The first-order valence-electron chi connectivity index (χ1n) is 5.84. The summed E-state index contributed by atoms with van der Waals surface area (Å²) in [5, 5.41) is 0. The maximum Gasteiger partial charge on any atom is 0.431 e. The number of anilines is 1. The quantitative estimate of drug-likeness (QED) is 0.841. The van der Waals surface area contributed by atoms with Crippen LogP contribution >= 0.6 is 0 Å². The maximum atomic E-state index is 12.5. The van der Waals surface area contributed by atoms with Crippen LogP contribution in [0, 0.1) is 0 Å². The van der Waals surface area contributed by atoms with Crippen molar-refractivity contribution in [2.45, 2.75) is 18.0 Å². The third kappa shape index (κ3) is 3.27. The van der Waals surface area contributed by atoms with E-state index in [1.54, 1.807) is 0 Å². The van der Waals surface area contributed by atoms with E-state index in [2.05, 4.69) is 9.71 Å². The zero-order valence-electron chi connectivity index (χ0n) is 11.1. The molecule has 2 aromatic heterocycles. The molecule has 2 rings (SSSR count). The largest absolute Gasteiger partial charge is 0.431 e. The first-order valence-corrected chi connectivity index (χ1v) is 7.33. The van der Waals surface area contributed by atoms with Gasteiger partial charge in [-0.1, -0.05) is 0 Å². The van der Waals surface area contributed by atoms with E-state index in [1.807, 2.05) is 4.98 Å². The van der Waals surface area contributed by atoms with Gasteiger partial charge in [0, 0.05) is 18.6 Å². The van der Waals surface area contributed by atoms with Gasteiger partial charge in [0.1, 0.15) is 10.6 Å². The fraction of sp³-hybridized carbons (Fsp3) is 0.167. The Morgan fingerprint density at radius 3 is 2.59 bits per heavy atom. The number of nitrogens with one attached hydrogen (secondary N) is 2. The minimum atomic E-state index is -4.69. The van der Waals surface area contributed by atoms with Crippen LogP contribution in [-0.2, 0) is 16.2 Å². The van der Waals surface area contributed by atoms with Crippen LogP contribution < -0.4 is 4.72 Å². The molecule has 2 aromatic rings. The van der Waals surface area contributed by atoms with Crippen molar-refractivity contribution < 1.29 is 26.4 Å². The lowest BCUT2D eigenvalue weighted by molar-refractivity contribution is -0.140. The monoisotopic (exact) mass is 333 g/mol. The number of carbonyl (C=O) groups is 1. The number of alkyl halides is 3. The van der Waals surface area contributed by atoms with Gasteiger partial charge in [-0.15, -0.1) is 0 Å². The summed E-state index contributed by atoms with van der Waals surface area (Å²) in [5.74, 6) is -0.434. The van der Waals surface area contributed by atoms with Gasteiger partial charge in [-0.25, -0.2) is 8.42 Å². The molecular weight excluding hydrogens is 323 g/mol. The van der Waals surface area contributed by atoms with E-state index in [0.717, 1.165) is 6.20 Å². The van der Waals surface area contributed by atoms with Crippen LogP contribution in [0.15, 0.2) is 35.6 Å². The van der Waals surface area contributed by atoms with E-state index >= 15 is 0 Å². The van der Waals surface area contributed by atoms with Gasteiger partial charge in [-0.3, -0.25) is 14.5 Å². The number of halogens is 3. The first-order chi connectivity index (χ1) is 10.1. The zero-order valence-corrected chi connectivity index (χ0v) is 11.9. The molecule has 0 aliphatic carbocycles. The number of nitrogens with zero attached hydrogens (tertiary/aromatic N) is 1. The van der Waals surface area contributed by atoms with E-state index in [-0.39, 0.29) is 11.3 Å². The minimum Gasteiger partial charge on any atom is -0.356 e. The van der Waals surface area contributed by atoms with Crippen LogP contribution in [0.4, 0.5) is 18.9 Å². The molecule has 0 amide bonds. The van der Waals surface area contributed by atoms with Crippen molar-refractivity contribution >= 4 is 21.5 Å². The minimum absolute atomic E-state index is 0.0117. The molecule has 0 spiro atoms. The highest BCUT2D eigenvalue weighted by Crippen LogP contribution is 2.30. The van der Waals surface area contributed by atoms with Crippen molar-refractivity contribution in [1.82, 2.24) is 9.97 Å². The second-order valence-electron chi connectivity index (χ2n) is 4.33. The lowest BCUT2D eigenvalue weighted by Gasteiger charge is -2.09. The van der Waals surface area contributed by atoms with Crippen molar-refractivity contribution in [3.05, 3.63) is 42.0 Å². The highest BCUT2D eigenvalue weighted by molar-refractivity contribution is 7.92. The molecule has 118 valence electrons. The maximum absolute atomic E-state index is 12.5. The normalized spacial score (nSPS) is 12.2. The van der Waals surface area contributed by atoms with Crippen LogP contribution in [0.25, 0.3) is 0 Å². The molecule has 2 heterocycles. The van der Waals surface area contributed by atoms with E-state index in [0.29, 0.717) is 6.07 Å². The standard InChI is InChI=1S/C12H10F3N3O3S/c1-7(19)9-6-16-3-2-10(9)18-22(20,21)8-4-11(17-5-8)12(13,14)15/h2-6,17H,1H3,(H,16,18). The molecule has 0 aliphatic rings. The van der Waals surface area contributed by atoms with Crippen LogP contribution in [0.3, 0.4) is 0 Å². The van der Waals surface area contributed by atoms with Crippen molar-refractivity contribution in [3.63, 3.8) is 0 Å². The second kappa shape index (κ2) is 5.44. The molecule has 0 atom stereocenters. The zero-order chi connectivity index (χ0) is 16.5. The van der Waals surface area contributed by atoms with Gasteiger partial charge >= 0.3 is 6.18 Å². The van der Waals surface area contributed by atoms with Gasteiger partial charge in [0.15, 0.2) is 5.78 Å². The SMILES string of the molecule is CC(=O)c1cnccc1NS(=O)(=O)c1c[nH]c(C(F)(F)F)c1. The Labute approximate surface area is 123 Å². The lowest BCUT2D eigenvalue weighted by atomic mass is 10.2. The summed E-state index contributed by atoms with van der Waals surface area (Å²) in [4.78, 5) is 16.3. The van der Waals surface area contributed by atoms with Gasteiger partial charge in [-0.2, -0.15) is 13.2 Å². The van der Waals surface area contributed by atoms with Crippen LogP contribution in [0.5, 0.6) is 0 Å². The first kappa shape index (κ1) is 16.0. The lowest BCUT2D eigenvalue weighted by Crippen LogP contribution is -2.15. The summed E-state index contributed by atoms with van der Waals surface area (Å²) in [6.07, 6.45) is -1.55. The molecule has 2 N–H and O–H groups in total. The highest BCUT2D eigenvalue weighted by atomic mass is 32.2. The number of sulfonamides is 1. The summed E-state index contributed by atoms with van der Waals surface area (Å²) in [5.41, 5.74) is -1.23.